The van der Waals surface area contributed by atoms with E-state index in [4.69, 9.17) is 4.74 Å². The predicted octanol–water partition coefficient (Wildman–Crippen LogP) is 2.56. The lowest BCUT2D eigenvalue weighted by Crippen LogP contribution is -2.12. The third-order valence-electron chi connectivity index (χ3n) is 2.48. The van der Waals surface area contributed by atoms with Crippen molar-refractivity contribution in [3.05, 3.63) is 0 Å². The Balaban J connectivity index is 2.09. The maximum absolute atomic E-state index is 11.4. The van der Waals surface area contributed by atoms with Crippen LogP contribution in [0.5, 0.6) is 0 Å². The summed E-state index contributed by atoms with van der Waals surface area (Å²) in [6.07, 6.45) is 4.84. The van der Waals surface area contributed by atoms with E-state index in [-0.39, 0.29) is 6.10 Å². The molecule has 0 bridgehead atoms. The fraction of sp³-hybridized carbons (Fsp3) is 0.909. The first-order valence-corrected chi connectivity index (χ1v) is 5.32. The van der Waals surface area contributed by atoms with Crippen LogP contribution in [0.15, 0.2) is 0 Å². The third kappa shape index (κ3) is 4.41. The minimum absolute atomic E-state index is 0.236. The molecule has 0 amide bonds. The molecule has 1 fully saturated rings. The van der Waals surface area contributed by atoms with Gasteiger partial charge in [-0.2, -0.15) is 0 Å². The van der Waals surface area contributed by atoms with Gasteiger partial charge in [-0.3, -0.25) is 4.79 Å². The predicted molar refractivity (Wildman–Crippen MR) is 52.7 cm³/mol. The SMILES string of the molecule is CC(C)CCC(=O)CC1CCCO1. The zero-order chi connectivity index (χ0) is 9.68. The highest BCUT2D eigenvalue weighted by Gasteiger charge is 2.18. The maximum atomic E-state index is 11.4. The van der Waals surface area contributed by atoms with Crippen LogP contribution in [0.1, 0.15) is 46.0 Å². The first kappa shape index (κ1) is 10.7. The van der Waals surface area contributed by atoms with Crippen LogP contribution in [0.3, 0.4) is 0 Å². The Morgan fingerprint density at radius 2 is 2.31 bits per heavy atom. The molecule has 1 saturated heterocycles. The molecule has 0 aromatic rings. The van der Waals surface area contributed by atoms with Gasteiger partial charge in [0.2, 0.25) is 0 Å². The highest BCUT2D eigenvalue weighted by atomic mass is 16.5. The summed E-state index contributed by atoms with van der Waals surface area (Å²) in [6, 6.07) is 0. The fourth-order valence-electron chi connectivity index (χ4n) is 1.61. The standard InChI is InChI=1S/C11H20O2/c1-9(2)5-6-10(12)8-11-4-3-7-13-11/h9,11H,3-8H2,1-2H3. The van der Waals surface area contributed by atoms with E-state index in [2.05, 4.69) is 13.8 Å². The van der Waals surface area contributed by atoms with Crippen LogP contribution >= 0.6 is 0 Å². The van der Waals surface area contributed by atoms with Gasteiger partial charge in [0.05, 0.1) is 6.10 Å². The second-order valence-corrected chi connectivity index (χ2v) is 4.31. The van der Waals surface area contributed by atoms with E-state index < -0.39 is 0 Å². The number of hydrogen-bond acceptors (Lipinski definition) is 2. The number of rotatable bonds is 5. The van der Waals surface area contributed by atoms with E-state index in [0.29, 0.717) is 18.1 Å². The minimum atomic E-state index is 0.236. The van der Waals surface area contributed by atoms with Crippen molar-refractivity contribution < 1.29 is 9.53 Å². The summed E-state index contributed by atoms with van der Waals surface area (Å²) >= 11 is 0. The van der Waals surface area contributed by atoms with Gasteiger partial charge in [0.15, 0.2) is 0 Å². The van der Waals surface area contributed by atoms with Gasteiger partial charge in [-0.1, -0.05) is 13.8 Å². The van der Waals surface area contributed by atoms with Crippen molar-refractivity contribution in [2.24, 2.45) is 5.92 Å². The third-order valence-corrected chi connectivity index (χ3v) is 2.48. The van der Waals surface area contributed by atoms with Gasteiger partial charge in [0, 0.05) is 19.4 Å². The number of carbonyl (C=O) groups is 1. The average molecular weight is 184 g/mol. The number of carbonyl (C=O) groups excluding carboxylic acids is 1. The minimum Gasteiger partial charge on any atom is -0.378 e. The summed E-state index contributed by atoms with van der Waals surface area (Å²) in [4.78, 5) is 11.4. The molecule has 1 aliphatic heterocycles. The molecule has 0 aromatic heterocycles. The molecule has 1 aliphatic rings. The van der Waals surface area contributed by atoms with Crippen molar-refractivity contribution in [1.29, 1.82) is 0 Å². The zero-order valence-electron chi connectivity index (χ0n) is 8.71. The quantitative estimate of drug-likeness (QED) is 0.656. The monoisotopic (exact) mass is 184 g/mol. The van der Waals surface area contributed by atoms with Crippen molar-refractivity contribution in [3.8, 4) is 0 Å². The van der Waals surface area contributed by atoms with E-state index in [1.807, 2.05) is 0 Å². The van der Waals surface area contributed by atoms with Crippen LogP contribution in [0.25, 0.3) is 0 Å². The van der Waals surface area contributed by atoms with Gasteiger partial charge in [-0.15, -0.1) is 0 Å². The van der Waals surface area contributed by atoms with E-state index in [1.54, 1.807) is 0 Å². The molecular weight excluding hydrogens is 164 g/mol. The lowest BCUT2D eigenvalue weighted by atomic mass is 10.0. The van der Waals surface area contributed by atoms with Gasteiger partial charge in [-0.05, 0) is 25.2 Å². The van der Waals surface area contributed by atoms with Crippen LogP contribution in [-0.4, -0.2) is 18.5 Å². The zero-order valence-corrected chi connectivity index (χ0v) is 8.71. The van der Waals surface area contributed by atoms with Gasteiger partial charge in [0.25, 0.3) is 0 Å². The van der Waals surface area contributed by atoms with E-state index in [9.17, 15) is 4.79 Å². The Morgan fingerprint density at radius 3 is 2.85 bits per heavy atom. The molecular formula is C11H20O2. The van der Waals surface area contributed by atoms with Crippen LogP contribution < -0.4 is 0 Å². The van der Waals surface area contributed by atoms with Gasteiger partial charge in [0.1, 0.15) is 5.78 Å². The second kappa shape index (κ2) is 5.38. The second-order valence-electron chi connectivity index (χ2n) is 4.31. The van der Waals surface area contributed by atoms with Crippen molar-refractivity contribution in [1.82, 2.24) is 0 Å². The van der Waals surface area contributed by atoms with Crippen molar-refractivity contribution >= 4 is 5.78 Å². The lowest BCUT2D eigenvalue weighted by Gasteiger charge is -2.08. The topological polar surface area (TPSA) is 26.3 Å². The van der Waals surface area contributed by atoms with Crippen molar-refractivity contribution in [2.75, 3.05) is 6.61 Å². The molecule has 0 radical (unpaired) electrons. The Labute approximate surface area is 80.7 Å². The van der Waals surface area contributed by atoms with Crippen LogP contribution in [-0.2, 0) is 9.53 Å². The fourth-order valence-corrected chi connectivity index (χ4v) is 1.61. The molecule has 2 nitrogen and oxygen atoms in total. The van der Waals surface area contributed by atoms with Gasteiger partial charge in [-0.25, -0.2) is 0 Å². The van der Waals surface area contributed by atoms with Crippen LogP contribution in [0.2, 0.25) is 0 Å². The summed E-state index contributed by atoms with van der Waals surface area (Å²) < 4.78 is 5.41. The Bertz CT molecular complexity index is 157. The molecule has 0 aliphatic carbocycles. The van der Waals surface area contributed by atoms with E-state index in [1.165, 1.54) is 0 Å². The molecule has 2 heteroatoms. The highest BCUT2D eigenvalue weighted by molar-refractivity contribution is 5.78. The summed E-state index contributed by atoms with van der Waals surface area (Å²) in [5, 5.41) is 0. The van der Waals surface area contributed by atoms with Gasteiger partial charge < -0.3 is 4.74 Å². The lowest BCUT2D eigenvalue weighted by molar-refractivity contribution is -0.121. The summed E-state index contributed by atoms with van der Waals surface area (Å²) in [7, 11) is 0. The summed E-state index contributed by atoms with van der Waals surface area (Å²) in [5.41, 5.74) is 0. The summed E-state index contributed by atoms with van der Waals surface area (Å²) in [5.74, 6) is 1.01. The first-order valence-electron chi connectivity index (χ1n) is 5.32. The Hall–Kier alpha value is -0.370. The molecule has 0 saturated carbocycles. The van der Waals surface area contributed by atoms with Crippen molar-refractivity contribution in [2.45, 2.75) is 52.1 Å². The highest BCUT2D eigenvalue weighted by Crippen LogP contribution is 2.17. The number of hydrogen-bond donors (Lipinski definition) is 0. The Morgan fingerprint density at radius 1 is 1.54 bits per heavy atom. The molecule has 0 aromatic carbocycles. The molecule has 0 N–H and O–H groups in total. The first-order chi connectivity index (χ1) is 6.18. The average Bonchev–Trinajstić information content (AvgIpc) is 2.53. The summed E-state index contributed by atoms with van der Waals surface area (Å²) in [6.45, 7) is 5.15. The van der Waals surface area contributed by atoms with Gasteiger partial charge >= 0.3 is 0 Å². The molecule has 1 heterocycles. The van der Waals surface area contributed by atoms with E-state index >= 15 is 0 Å². The molecule has 1 unspecified atom stereocenters. The van der Waals surface area contributed by atoms with Crippen LogP contribution in [0, 0.1) is 5.92 Å². The van der Waals surface area contributed by atoms with E-state index in [0.717, 1.165) is 32.3 Å². The Kier molecular flexibility index (Phi) is 4.43. The van der Waals surface area contributed by atoms with Crippen LogP contribution in [0.4, 0.5) is 0 Å². The normalized spacial score (nSPS) is 22.5. The number of Topliss-reactive ketones (excluding diaryl/α,β-unsaturated/α-hetero) is 1. The maximum Gasteiger partial charge on any atom is 0.135 e. The largest absolute Gasteiger partial charge is 0.378 e. The number of ketones is 1. The molecule has 76 valence electrons. The molecule has 1 rings (SSSR count). The molecule has 0 spiro atoms. The molecule has 1 atom stereocenters. The van der Waals surface area contributed by atoms with Crippen molar-refractivity contribution in [3.63, 3.8) is 0 Å². The number of ether oxygens (including phenoxy) is 1. The molecule has 13 heavy (non-hydrogen) atoms. The smallest absolute Gasteiger partial charge is 0.135 e.